The van der Waals surface area contributed by atoms with E-state index in [1.807, 2.05) is 6.92 Å². The van der Waals surface area contributed by atoms with Gasteiger partial charge in [-0.1, -0.05) is 13.5 Å². The van der Waals surface area contributed by atoms with Crippen LogP contribution in [0.15, 0.2) is 12.8 Å². The van der Waals surface area contributed by atoms with Crippen molar-refractivity contribution in [2.45, 2.75) is 19.8 Å². The molecule has 5 nitrogen and oxygen atoms in total. The molecular formula is C9H15NO4. The summed E-state index contributed by atoms with van der Waals surface area (Å²) in [5.41, 5.74) is 0. The lowest BCUT2D eigenvalue weighted by Crippen LogP contribution is -2.19. The number of carbonyl (C=O) groups is 2. The van der Waals surface area contributed by atoms with Gasteiger partial charge in [0.1, 0.15) is 6.42 Å². The van der Waals surface area contributed by atoms with Crippen LogP contribution < -0.4 is 5.32 Å². The van der Waals surface area contributed by atoms with Gasteiger partial charge in [-0.15, -0.1) is 0 Å². The standard InChI is InChI=1S/C9H15NO4/c1-3-5-13-8(11)6-9(12)14-7-10-4-2/h4,10H,2-3,5-7H2,1H3. The van der Waals surface area contributed by atoms with Gasteiger partial charge in [0, 0.05) is 0 Å². The lowest BCUT2D eigenvalue weighted by molar-refractivity contribution is -0.154. The number of hydrogen-bond acceptors (Lipinski definition) is 5. The Labute approximate surface area is 83.1 Å². The maximum Gasteiger partial charge on any atom is 0.318 e. The molecular weight excluding hydrogens is 186 g/mol. The third-order valence-corrected chi connectivity index (χ3v) is 1.22. The summed E-state index contributed by atoms with van der Waals surface area (Å²) >= 11 is 0. The highest BCUT2D eigenvalue weighted by Gasteiger charge is 2.10. The van der Waals surface area contributed by atoms with Crippen molar-refractivity contribution in [1.82, 2.24) is 5.32 Å². The van der Waals surface area contributed by atoms with E-state index in [0.29, 0.717) is 6.61 Å². The minimum absolute atomic E-state index is 0.0173. The minimum atomic E-state index is -0.611. The normalized spacial score (nSPS) is 8.93. The smallest absolute Gasteiger partial charge is 0.318 e. The van der Waals surface area contributed by atoms with Crippen LogP contribution in [0.5, 0.6) is 0 Å². The molecule has 80 valence electrons. The summed E-state index contributed by atoms with van der Waals surface area (Å²) in [5.74, 6) is -1.17. The molecule has 0 aliphatic carbocycles. The summed E-state index contributed by atoms with van der Waals surface area (Å²) in [5, 5.41) is 2.56. The Balaban J connectivity index is 3.50. The monoisotopic (exact) mass is 201 g/mol. The van der Waals surface area contributed by atoms with Crippen molar-refractivity contribution in [2.75, 3.05) is 13.3 Å². The number of hydrogen-bond donors (Lipinski definition) is 1. The topological polar surface area (TPSA) is 64.6 Å². The molecule has 0 saturated heterocycles. The molecule has 0 heterocycles. The van der Waals surface area contributed by atoms with Crippen molar-refractivity contribution in [3.8, 4) is 0 Å². The molecule has 0 aromatic heterocycles. The number of esters is 2. The van der Waals surface area contributed by atoms with Crippen molar-refractivity contribution in [1.29, 1.82) is 0 Å². The average Bonchev–Trinajstić information content (AvgIpc) is 2.15. The van der Waals surface area contributed by atoms with Crippen molar-refractivity contribution >= 4 is 11.9 Å². The number of rotatable bonds is 7. The second kappa shape index (κ2) is 8.10. The first kappa shape index (κ1) is 12.5. The van der Waals surface area contributed by atoms with Crippen LogP contribution in [-0.4, -0.2) is 25.3 Å². The molecule has 0 aromatic carbocycles. The SMILES string of the molecule is C=CNCOC(=O)CC(=O)OCCC. The zero-order valence-electron chi connectivity index (χ0n) is 8.25. The number of ether oxygens (including phenoxy) is 2. The fourth-order valence-corrected chi connectivity index (χ4v) is 0.617. The van der Waals surface area contributed by atoms with Crippen LogP contribution in [0.1, 0.15) is 19.8 Å². The average molecular weight is 201 g/mol. The van der Waals surface area contributed by atoms with Crippen LogP contribution in [0.2, 0.25) is 0 Å². The predicted octanol–water partition coefficient (Wildman–Crippen LogP) is 0.563. The summed E-state index contributed by atoms with van der Waals surface area (Å²) in [7, 11) is 0. The Kier molecular flexibility index (Phi) is 7.22. The van der Waals surface area contributed by atoms with E-state index in [1.165, 1.54) is 6.20 Å². The molecule has 0 spiro atoms. The minimum Gasteiger partial charge on any atom is -0.465 e. The molecule has 0 atom stereocenters. The van der Waals surface area contributed by atoms with Gasteiger partial charge in [0.15, 0.2) is 6.73 Å². The highest BCUT2D eigenvalue weighted by atomic mass is 16.6. The highest BCUT2D eigenvalue weighted by Crippen LogP contribution is 1.91. The summed E-state index contributed by atoms with van der Waals surface area (Å²) in [6.45, 7) is 5.59. The molecule has 0 rings (SSSR count). The summed E-state index contributed by atoms with van der Waals surface area (Å²) in [6.07, 6.45) is 1.78. The number of nitrogens with one attached hydrogen (secondary N) is 1. The van der Waals surface area contributed by atoms with Gasteiger partial charge < -0.3 is 14.8 Å². The Morgan fingerprint density at radius 1 is 1.36 bits per heavy atom. The van der Waals surface area contributed by atoms with E-state index in [4.69, 9.17) is 0 Å². The van der Waals surface area contributed by atoms with Gasteiger partial charge in [-0.2, -0.15) is 0 Å². The summed E-state index contributed by atoms with van der Waals surface area (Å²) in [4.78, 5) is 21.8. The van der Waals surface area contributed by atoms with Gasteiger partial charge in [-0.25, -0.2) is 0 Å². The Bertz CT molecular complexity index is 203. The van der Waals surface area contributed by atoms with Crippen molar-refractivity contribution in [3.05, 3.63) is 12.8 Å². The fraction of sp³-hybridized carbons (Fsp3) is 0.556. The van der Waals surface area contributed by atoms with Gasteiger partial charge in [0.05, 0.1) is 6.61 Å². The Morgan fingerprint density at radius 3 is 2.57 bits per heavy atom. The summed E-state index contributed by atoms with van der Waals surface area (Å²) in [6, 6.07) is 0. The van der Waals surface area contributed by atoms with Gasteiger partial charge in [0.2, 0.25) is 0 Å². The van der Waals surface area contributed by atoms with Crippen LogP contribution in [0, 0.1) is 0 Å². The van der Waals surface area contributed by atoms with Gasteiger partial charge in [0.25, 0.3) is 0 Å². The second-order valence-corrected chi connectivity index (χ2v) is 2.47. The van der Waals surface area contributed by atoms with Crippen LogP contribution >= 0.6 is 0 Å². The van der Waals surface area contributed by atoms with E-state index < -0.39 is 11.9 Å². The van der Waals surface area contributed by atoms with Gasteiger partial charge >= 0.3 is 11.9 Å². The first-order chi connectivity index (χ1) is 6.70. The molecule has 5 heteroatoms. The van der Waals surface area contributed by atoms with E-state index in [2.05, 4.69) is 21.4 Å². The van der Waals surface area contributed by atoms with Gasteiger partial charge in [-0.05, 0) is 12.6 Å². The van der Waals surface area contributed by atoms with Crippen LogP contribution in [0.25, 0.3) is 0 Å². The van der Waals surface area contributed by atoms with Gasteiger partial charge in [-0.3, -0.25) is 9.59 Å². The Morgan fingerprint density at radius 2 is 2.00 bits per heavy atom. The van der Waals surface area contributed by atoms with E-state index in [-0.39, 0.29) is 13.2 Å². The first-order valence-electron chi connectivity index (χ1n) is 4.36. The maximum absolute atomic E-state index is 10.9. The molecule has 0 saturated carbocycles. The zero-order valence-corrected chi connectivity index (χ0v) is 8.25. The molecule has 0 amide bonds. The molecule has 0 unspecified atom stereocenters. The molecule has 1 N–H and O–H groups in total. The van der Waals surface area contributed by atoms with E-state index >= 15 is 0 Å². The fourth-order valence-electron chi connectivity index (χ4n) is 0.617. The predicted molar refractivity (Wildman–Crippen MR) is 50.2 cm³/mol. The zero-order chi connectivity index (χ0) is 10.8. The molecule has 0 fully saturated rings. The molecule has 0 radical (unpaired) electrons. The van der Waals surface area contributed by atoms with Crippen LogP contribution in [-0.2, 0) is 19.1 Å². The van der Waals surface area contributed by atoms with Crippen molar-refractivity contribution in [3.63, 3.8) is 0 Å². The van der Waals surface area contributed by atoms with Crippen molar-refractivity contribution < 1.29 is 19.1 Å². The maximum atomic E-state index is 10.9. The largest absolute Gasteiger partial charge is 0.465 e. The van der Waals surface area contributed by atoms with Crippen LogP contribution in [0.3, 0.4) is 0 Å². The second-order valence-electron chi connectivity index (χ2n) is 2.47. The summed E-state index contributed by atoms with van der Waals surface area (Å²) < 4.78 is 9.30. The molecule has 0 aliphatic rings. The lowest BCUT2D eigenvalue weighted by Gasteiger charge is -2.04. The third kappa shape index (κ3) is 7.15. The molecule has 14 heavy (non-hydrogen) atoms. The van der Waals surface area contributed by atoms with Crippen molar-refractivity contribution in [2.24, 2.45) is 0 Å². The number of carbonyl (C=O) groups excluding carboxylic acids is 2. The first-order valence-corrected chi connectivity index (χ1v) is 4.36. The van der Waals surface area contributed by atoms with E-state index in [0.717, 1.165) is 6.42 Å². The van der Waals surface area contributed by atoms with E-state index in [9.17, 15) is 9.59 Å². The molecule has 0 aliphatic heterocycles. The third-order valence-electron chi connectivity index (χ3n) is 1.22. The van der Waals surface area contributed by atoms with E-state index in [1.54, 1.807) is 0 Å². The quantitative estimate of drug-likeness (QED) is 0.282. The molecule has 0 aromatic rings. The highest BCUT2D eigenvalue weighted by molar-refractivity contribution is 5.91. The molecule has 0 bridgehead atoms. The Hall–Kier alpha value is -1.52. The van der Waals surface area contributed by atoms with Crippen LogP contribution in [0.4, 0.5) is 0 Å². The lowest BCUT2D eigenvalue weighted by atomic mass is 10.4.